The van der Waals surface area contributed by atoms with Crippen molar-refractivity contribution in [1.82, 2.24) is 5.32 Å². The van der Waals surface area contributed by atoms with E-state index in [4.69, 9.17) is 15.9 Å². The molecule has 0 aliphatic heterocycles. The van der Waals surface area contributed by atoms with Gasteiger partial charge in [-0.3, -0.25) is 4.79 Å². The van der Waals surface area contributed by atoms with Gasteiger partial charge < -0.3 is 14.8 Å². The van der Waals surface area contributed by atoms with E-state index in [-0.39, 0.29) is 12.5 Å². The van der Waals surface area contributed by atoms with Gasteiger partial charge in [-0.2, -0.15) is 11.8 Å². The topological polar surface area (TPSA) is 47.6 Å². The van der Waals surface area contributed by atoms with Gasteiger partial charge in [0.25, 0.3) is 0 Å². The third kappa shape index (κ3) is 10.1. The Morgan fingerprint density at radius 3 is 2.60 bits per heavy atom. The molecule has 5 heteroatoms. The fourth-order valence-corrected chi connectivity index (χ4v) is 2.41. The first-order valence-corrected chi connectivity index (χ1v) is 8.21. The lowest BCUT2D eigenvalue weighted by Crippen LogP contribution is -2.53. The molecule has 0 fully saturated rings. The summed E-state index contributed by atoms with van der Waals surface area (Å²) in [5.41, 5.74) is -0.528. The summed E-state index contributed by atoms with van der Waals surface area (Å²) in [5, 5.41) is 2.99. The molecular weight excluding hydrogens is 274 g/mol. The van der Waals surface area contributed by atoms with Crippen LogP contribution in [-0.4, -0.2) is 49.4 Å². The van der Waals surface area contributed by atoms with Crippen LogP contribution < -0.4 is 5.32 Å². The first kappa shape index (κ1) is 19.3. The first-order chi connectivity index (χ1) is 9.58. The molecule has 4 nitrogen and oxygen atoms in total. The van der Waals surface area contributed by atoms with E-state index in [0.29, 0.717) is 26.2 Å². The van der Waals surface area contributed by atoms with Crippen LogP contribution in [0.3, 0.4) is 0 Å². The van der Waals surface area contributed by atoms with Gasteiger partial charge in [-0.15, -0.1) is 6.42 Å². The highest BCUT2D eigenvalue weighted by atomic mass is 32.2. The van der Waals surface area contributed by atoms with Gasteiger partial charge in [0, 0.05) is 18.8 Å². The number of hydrogen-bond donors (Lipinski definition) is 1. The third-order valence-electron chi connectivity index (χ3n) is 2.49. The molecule has 0 aromatic carbocycles. The molecule has 1 unspecified atom stereocenters. The van der Waals surface area contributed by atoms with Gasteiger partial charge in [0.2, 0.25) is 5.91 Å². The SMILES string of the molecule is C#CCOCC(C)(COCC)NC(=O)CCSCCC. The highest BCUT2D eigenvalue weighted by Crippen LogP contribution is 2.09. The molecule has 0 radical (unpaired) electrons. The maximum Gasteiger partial charge on any atom is 0.221 e. The van der Waals surface area contributed by atoms with Crippen molar-refractivity contribution in [2.45, 2.75) is 39.2 Å². The van der Waals surface area contributed by atoms with Crippen LogP contribution in [0.4, 0.5) is 0 Å². The van der Waals surface area contributed by atoms with E-state index < -0.39 is 5.54 Å². The van der Waals surface area contributed by atoms with Crippen LogP contribution >= 0.6 is 11.8 Å². The first-order valence-electron chi connectivity index (χ1n) is 7.05. The smallest absolute Gasteiger partial charge is 0.221 e. The van der Waals surface area contributed by atoms with Crippen molar-refractivity contribution in [3.63, 3.8) is 0 Å². The number of nitrogens with one attached hydrogen (secondary N) is 1. The molecule has 0 heterocycles. The summed E-state index contributed by atoms with van der Waals surface area (Å²) >= 11 is 1.80. The number of carbonyl (C=O) groups excluding carboxylic acids is 1. The minimum Gasteiger partial charge on any atom is -0.379 e. The number of terminal acetylenes is 1. The summed E-state index contributed by atoms with van der Waals surface area (Å²) in [7, 11) is 0. The Hall–Kier alpha value is -0.700. The molecule has 0 saturated carbocycles. The number of rotatable bonds is 12. The van der Waals surface area contributed by atoms with Crippen LogP contribution in [0.2, 0.25) is 0 Å². The third-order valence-corrected chi connectivity index (χ3v) is 3.68. The van der Waals surface area contributed by atoms with Crippen LogP contribution in [0.25, 0.3) is 0 Å². The minimum absolute atomic E-state index is 0.0279. The van der Waals surface area contributed by atoms with E-state index in [9.17, 15) is 4.79 Å². The zero-order valence-corrected chi connectivity index (χ0v) is 13.7. The van der Waals surface area contributed by atoms with Gasteiger partial charge >= 0.3 is 0 Å². The highest BCUT2D eigenvalue weighted by Gasteiger charge is 2.26. The van der Waals surface area contributed by atoms with Gasteiger partial charge in [0.1, 0.15) is 6.61 Å². The Morgan fingerprint density at radius 2 is 2.00 bits per heavy atom. The largest absolute Gasteiger partial charge is 0.379 e. The van der Waals surface area contributed by atoms with Crippen LogP contribution in [0, 0.1) is 12.3 Å². The van der Waals surface area contributed by atoms with Crippen molar-refractivity contribution in [3.8, 4) is 12.3 Å². The quantitative estimate of drug-likeness (QED) is 0.443. The molecule has 0 aromatic heterocycles. The molecule has 0 aliphatic rings. The molecule has 0 spiro atoms. The minimum atomic E-state index is -0.528. The van der Waals surface area contributed by atoms with Crippen LogP contribution in [0.1, 0.15) is 33.6 Å². The van der Waals surface area contributed by atoms with Crippen molar-refractivity contribution >= 4 is 17.7 Å². The van der Waals surface area contributed by atoms with E-state index in [1.165, 1.54) is 0 Å². The maximum absolute atomic E-state index is 11.9. The normalized spacial score (nSPS) is 13.5. The molecule has 1 amide bonds. The predicted octanol–water partition coefficient (Wildman–Crippen LogP) is 2.08. The summed E-state index contributed by atoms with van der Waals surface area (Å²) in [6.07, 6.45) is 6.81. The molecule has 20 heavy (non-hydrogen) atoms. The molecule has 116 valence electrons. The summed E-state index contributed by atoms with van der Waals surface area (Å²) in [4.78, 5) is 11.9. The molecule has 0 saturated heterocycles. The van der Waals surface area contributed by atoms with E-state index in [0.717, 1.165) is 17.9 Å². The fraction of sp³-hybridized carbons (Fsp3) is 0.800. The van der Waals surface area contributed by atoms with E-state index >= 15 is 0 Å². The second-order valence-corrected chi connectivity index (χ2v) is 6.03. The fourth-order valence-electron chi connectivity index (χ4n) is 1.59. The van der Waals surface area contributed by atoms with Crippen molar-refractivity contribution in [3.05, 3.63) is 0 Å². The van der Waals surface area contributed by atoms with Crippen LogP contribution in [0.5, 0.6) is 0 Å². The molecule has 0 aliphatic carbocycles. The average Bonchev–Trinajstić information content (AvgIpc) is 2.42. The summed E-state index contributed by atoms with van der Waals surface area (Å²) in [6, 6.07) is 0. The van der Waals surface area contributed by atoms with Crippen molar-refractivity contribution in [2.75, 3.05) is 37.9 Å². The monoisotopic (exact) mass is 301 g/mol. The average molecular weight is 301 g/mol. The second kappa shape index (κ2) is 12.1. The van der Waals surface area contributed by atoms with Crippen molar-refractivity contribution in [2.24, 2.45) is 0 Å². The lowest BCUT2D eigenvalue weighted by Gasteiger charge is -2.30. The van der Waals surface area contributed by atoms with Gasteiger partial charge in [-0.1, -0.05) is 12.8 Å². The molecule has 1 atom stereocenters. The molecule has 0 aromatic rings. The number of hydrogen-bond acceptors (Lipinski definition) is 4. The molecule has 1 N–H and O–H groups in total. The van der Waals surface area contributed by atoms with Gasteiger partial charge in [-0.25, -0.2) is 0 Å². The van der Waals surface area contributed by atoms with E-state index in [1.807, 2.05) is 13.8 Å². The predicted molar refractivity (Wildman–Crippen MR) is 84.9 cm³/mol. The Morgan fingerprint density at radius 1 is 1.30 bits per heavy atom. The highest BCUT2D eigenvalue weighted by molar-refractivity contribution is 7.99. The van der Waals surface area contributed by atoms with Crippen LogP contribution in [-0.2, 0) is 14.3 Å². The summed E-state index contributed by atoms with van der Waals surface area (Å²) < 4.78 is 10.8. The second-order valence-electron chi connectivity index (χ2n) is 4.81. The van der Waals surface area contributed by atoms with Crippen LogP contribution in [0.15, 0.2) is 0 Å². The van der Waals surface area contributed by atoms with Crippen molar-refractivity contribution < 1.29 is 14.3 Å². The van der Waals surface area contributed by atoms with Gasteiger partial charge in [0.15, 0.2) is 0 Å². The Bertz CT molecular complexity index is 304. The van der Waals surface area contributed by atoms with Crippen molar-refractivity contribution in [1.29, 1.82) is 0 Å². The molecule has 0 bridgehead atoms. The van der Waals surface area contributed by atoms with E-state index in [2.05, 4.69) is 18.2 Å². The summed E-state index contributed by atoms with van der Waals surface area (Å²) in [5.74, 6) is 4.38. The number of thioether (sulfide) groups is 1. The zero-order valence-electron chi connectivity index (χ0n) is 12.9. The lowest BCUT2D eigenvalue weighted by atomic mass is 10.1. The van der Waals surface area contributed by atoms with E-state index in [1.54, 1.807) is 11.8 Å². The standard InChI is InChI=1S/C15H27NO3S/c1-5-9-19-13-15(4,12-18-7-3)16-14(17)8-11-20-10-6-2/h1H,6-13H2,2-4H3,(H,16,17). The number of ether oxygens (including phenoxy) is 2. The maximum atomic E-state index is 11.9. The summed E-state index contributed by atoms with van der Waals surface area (Å²) in [6.45, 7) is 7.58. The molecule has 0 rings (SSSR count). The zero-order chi connectivity index (χ0) is 15.3. The van der Waals surface area contributed by atoms with Gasteiger partial charge in [0.05, 0.1) is 18.8 Å². The Balaban J connectivity index is 4.18. The van der Waals surface area contributed by atoms with Gasteiger partial charge in [-0.05, 0) is 26.0 Å². The lowest BCUT2D eigenvalue weighted by molar-refractivity contribution is -0.124. The molecular formula is C15H27NO3S. The Labute approximate surface area is 127 Å². The number of carbonyl (C=O) groups is 1. The number of amides is 1. The Kier molecular flexibility index (Phi) is 11.6.